The molecular formula is C27H29F3N4O7S. The van der Waals surface area contributed by atoms with E-state index in [1.54, 1.807) is 23.1 Å². The molecule has 0 atom stereocenters. The van der Waals surface area contributed by atoms with Crippen LogP contribution in [0, 0.1) is 0 Å². The minimum atomic E-state index is -4.97. The Bertz CT molecular complexity index is 1600. The smallest absolute Gasteiger partial charge is 0.433 e. The van der Waals surface area contributed by atoms with Gasteiger partial charge in [0, 0.05) is 37.3 Å². The molecule has 4 rings (SSSR count). The number of benzene rings is 1. The Hall–Kier alpha value is -3.98. The molecule has 15 heteroatoms. The predicted octanol–water partition coefficient (Wildman–Crippen LogP) is 2.80. The summed E-state index contributed by atoms with van der Waals surface area (Å²) in [5.41, 5.74) is -1.52. The number of rotatable bonds is 10. The highest BCUT2D eigenvalue weighted by Gasteiger charge is 2.35. The monoisotopic (exact) mass is 610 g/mol. The summed E-state index contributed by atoms with van der Waals surface area (Å²) in [5, 5.41) is -1.01. The van der Waals surface area contributed by atoms with Crippen molar-refractivity contribution in [1.29, 1.82) is 0 Å². The number of amides is 1. The number of hydrogen-bond donors (Lipinski definition) is 0. The Labute approximate surface area is 239 Å². The van der Waals surface area contributed by atoms with Crippen LogP contribution < -0.4 is 15.0 Å². The van der Waals surface area contributed by atoms with Gasteiger partial charge in [0.15, 0.2) is 11.5 Å². The summed E-state index contributed by atoms with van der Waals surface area (Å²) >= 11 is 0. The molecule has 11 nitrogen and oxygen atoms in total. The summed E-state index contributed by atoms with van der Waals surface area (Å²) in [4.78, 5) is 33.7. The van der Waals surface area contributed by atoms with E-state index in [1.165, 1.54) is 31.0 Å². The molecule has 0 unspecified atom stereocenters. The Balaban J connectivity index is 1.61. The maximum Gasteiger partial charge on any atom is 0.433 e. The number of hydrogen-bond acceptors (Lipinski definition) is 9. The van der Waals surface area contributed by atoms with Crippen LogP contribution in [0.1, 0.15) is 24.1 Å². The van der Waals surface area contributed by atoms with Crippen molar-refractivity contribution in [3.05, 3.63) is 64.2 Å². The van der Waals surface area contributed by atoms with Crippen molar-refractivity contribution >= 4 is 15.7 Å². The molecule has 0 radical (unpaired) electrons. The van der Waals surface area contributed by atoms with Crippen molar-refractivity contribution in [2.75, 3.05) is 46.3 Å². The van der Waals surface area contributed by atoms with Gasteiger partial charge in [-0.1, -0.05) is 6.07 Å². The molecule has 0 saturated carbocycles. The normalized spacial score (nSPS) is 14.1. The van der Waals surface area contributed by atoms with Gasteiger partial charge in [-0.05, 0) is 36.2 Å². The first-order valence-corrected chi connectivity index (χ1v) is 14.5. The molecule has 2 aromatic heterocycles. The molecular weight excluding hydrogens is 581 g/mol. The van der Waals surface area contributed by atoms with Crippen LogP contribution in [-0.2, 0) is 32.1 Å². The van der Waals surface area contributed by atoms with Crippen molar-refractivity contribution in [2.24, 2.45) is 0 Å². The van der Waals surface area contributed by atoms with Crippen LogP contribution in [0.2, 0.25) is 0 Å². The quantitative estimate of drug-likeness (QED) is 0.318. The molecule has 1 aliphatic heterocycles. The molecule has 1 saturated heterocycles. The molecule has 42 heavy (non-hydrogen) atoms. The van der Waals surface area contributed by atoms with E-state index in [0.29, 0.717) is 49.4 Å². The zero-order valence-electron chi connectivity index (χ0n) is 22.9. The zero-order valence-corrected chi connectivity index (χ0v) is 23.7. The van der Waals surface area contributed by atoms with Crippen molar-refractivity contribution in [1.82, 2.24) is 19.4 Å². The number of carbonyl (C=O) groups is 1. The van der Waals surface area contributed by atoms with Gasteiger partial charge >= 0.3 is 6.18 Å². The average Bonchev–Trinajstić information content (AvgIpc) is 2.97. The molecule has 1 fully saturated rings. The van der Waals surface area contributed by atoms with Crippen LogP contribution >= 0.6 is 0 Å². The number of alkyl halides is 3. The van der Waals surface area contributed by atoms with Gasteiger partial charge in [0.2, 0.25) is 20.9 Å². The van der Waals surface area contributed by atoms with E-state index in [0.717, 1.165) is 6.07 Å². The van der Waals surface area contributed by atoms with E-state index in [9.17, 15) is 31.2 Å². The third-order valence-electron chi connectivity index (χ3n) is 6.52. The highest BCUT2D eigenvalue weighted by molar-refractivity contribution is 7.91. The van der Waals surface area contributed by atoms with Crippen LogP contribution in [0.3, 0.4) is 0 Å². The topological polar surface area (TPSA) is 130 Å². The zero-order chi connectivity index (χ0) is 30.5. The Morgan fingerprint density at radius 1 is 1.02 bits per heavy atom. The Kier molecular flexibility index (Phi) is 9.51. The van der Waals surface area contributed by atoms with Gasteiger partial charge in [0.25, 0.3) is 5.56 Å². The summed E-state index contributed by atoms with van der Waals surface area (Å²) in [5.74, 6) is 0.00670. The molecule has 1 aliphatic rings. The third-order valence-corrected chi connectivity index (χ3v) is 8.09. The van der Waals surface area contributed by atoms with E-state index in [-0.39, 0.29) is 36.6 Å². The van der Waals surface area contributed by atoms with Gasteiger partial charge < -0.3 is 23.7 Å². The van der Waals surface area contributed by atoms with Gasteiger partial charge in [-0.2, -0.15) is 13.2 Å². The largest absolute Gasteiger partial charge is 0.493 e. The molecule has 3 heterocycles. The summed E-state index contributed by atoms with van der Waals surface area (Å²) in [6.07, 6.45) is -3.91. The minimum absolute atomic E-state index is 0.0343. The van der Waals surface area contributed by atoms with Gasteiger partial charge in [-0.15, -0.1) is 0 Å². The van der Waals surface area contributed by atoms with Crippen LogP contribution in [-0.4, -0.2) is 80.0 Å². The maximum absolute atomic E-state index is 13.8. The number of ether oxygens (including phenoxy) is 3. The second-order valence-electron chi connectivity index (χ2n) is 9.41. The predicted molar refractivity (Wildman–Crippen MR) is 144 cm³/mol. The molecule has 3 aromatic rings. The van der Waals surface area contributed by atoms with Crippen molar-refractivity contribution in [3.8, 4) is 22.8 Å². The highest BCUT2D eigenvalue weighted by Crippen LogP contribution is 2.31. The average molecular weight is 611 g/mol. The number of sulfone groups is 1. The highest BCUT2D eigenvalue weighted by atomic mass is 32.2. The second kappa shape index (κ2) is 12.9. The molecule has 0 bridgehead atoms. The van der Waals surface area contributed by atoms with E-state index >= 15 is 0 Å². The Morgan fingerprint density at radius 3 is 2.40 bits per heavy atom. The van der Waals surface area contributed by atoms with E-state index in [4.69, 9.17) is 14.2 Å². The lowest BCUT2D eigenvalue weighted by Gasteiger charge is -2.26. The first-order valence-electron chi connectivity index (χ1n) is 12.9. The molecule has 0 N–H and O–H groups in total. The number of halogens is 3. The standard InChI is InChI=1S/C27H29F3N4O7S/c1-39-21-7-5-18(14-22(21)40-2)16-34-17-19(6-8-25(34)36)20-15-23(27(28,29)30)32-26(31-20)42(37,38)13-3-4-24(35)33-9-11-41-12-10-33/h5-8,14-15,17H,3-4,9-13,16H2,1-2H3. The SMILES string of the molecule is COc1ccc(Cn2cc(-c3cc(C(F)(F)F)nc(S(=O)(=O)CCCC(=O)N4CCOCC4)n3)ccc2=O)cc1OC. The first-order chi connectivity index (χ1) is 19.9. The lowest BCUT2D eigenvalue weighted by molar-refractivity contribution is -0.141. The minimum Gasteiger partial charge on any atom is -0.493 e. The van der Waals surface area contributed by atoms with E-state index in [2.05, 4.69) is 9.97 Å². The van der Waals surface area contributed by atoms with Gasteiger partial charge in [-0.3, -0.25) is 9.59 Å². The van der Waals surface area contributed by atoms with Gasteiger partial charge in [0.05, 0.1) is 45.4 Å². The number of methoxy groups -OCH3 is 2. The van der Waals surface area contributed by atoms with Crippen molar-refractivity contribution in [3.63, 3.8) is 0 Å². The van der Waals surface area contributed by atoms with E-state index < -0.39 is 38.2 Å². The van der Waals surface area contributed by atoms with Crippen molar-refractivity contribution < 1.29 is 40.6 Å². The molecule has 1 aromatic carbocycles. The fourth-order valence-electron chi connectivity index (χ4n) is 4.31. The lowest BCUT2D eigenvalue weighted by atomic mass is 10.1. The lowest BCUT2D eigenvalue weighted by Crippen LogP contribution is -2.40. The second-order valence-corrected chi connectivity index (χ2v) is 11.4. The fraction of sp³-hybridized carbons (Fsp3) is 0.407. The maximum atomic E-state index is 13.8. The Morgan fingerprint density at radius 2 is 1.74 bits per heavy atom. The van der Waals surface area contributed by atoms with E-state index in [1.807, 2.05) is 0 Å². The summed E-state index contributed by atoms with van der Waals surface area (Å²) in [6, 6.07) is 8.03. The first kappa shape index (κ1) is 31.0. The molecule has 0 aliphatic carbocycles. The number of aromatic nitrogens is 3. The molecule has 0 spiro atoms. The third kappa shape index (κ3) is 7.45. The van der Waals surface area contributed by atoms with Gasteiger partial charge in [-0.25, -0.2) is 18.4 Å². The summed E-state index contributed by atoms with van der Waals surface area (Å²) in [7, 11) is -1.47. The number of nitrogens with zero attached hydrogens (tertiary/aromatic N) is 4. The number of carbonyl (C=O) groups excluding carboxylic acids is 1. The summed E-state index contributed by atoms with van der Waals surface area (Å²) in [6.45, 7) is 1.57. The number of pyridine rings is 1. The van der Waals surface area contributed by atoms with Crippen LogP contribution in [0.25, 0.3) is 11.3 Å². The van der Waals surface area contributed by atoms with Crippen LogP contribution in [0.5, 0.6) is 11.5 Å². The van der Waals surface area contributed by atoms with Crippen LogP contribution in [0.4, 0.5) is 13.2 Å². The van der Waals surface area contributed by atoms with Crippen LogP contribution in [0.15, 0.2) is 52.5 Å². The molecule has 1 amide bonds. The molecule has 226 valence electrons. The van der Waals surface area contributed by atoms with Gasteiger partial charge in [0.1, 0.15) is 5.69 Å². The van der Waals surface area contributed by atoms with Crippen molar-refractivity contribution in [2.45, 2.75) is 30.7 Å². The summed E-state index contributed by atoms with van der Waals surface area (Å²) < 4.78 is 84.2. The fourth-order valence-corrected chi connectivity index (χ4v) is 5.50. The number of morpholine rings is 1.